The Balaban J connectivity index is 3.22. The fraction of sp³-hybridized carbons (Fsp3) is 0.462. The fourth-order valence-electron chi connectivity index (χ4n) is 1.74. The summed E-state index contributed by atoms with van der Waals surface area (Å²) >= 11 is 0. The Hall–Kier alpha value is -1.42. The van der Waals surface area contributed by atoms with Crippen molar-refractivity contribution in [3.8, 4) is 0 Å². The standard InChI is InChI=1S/C13H18FNO2/c1-9-5-6-10(7-11(9)14)13(2,15(3)4)8-12(16)17/h5-7H,8H2,1-4H3,(H,16,17). The Labute approximate surface area is 101 Å². The maximum atomic E-state index is 13.5. The second-order valence-electron chi connectivity index (χ2n) is 4.70. The number of nitrogens with zero attached hydrogens (tertiary/aromatic N) is 1. The Morgan fingerprint density at radius 3 is 2.47 bits per heavy atom. The van der Waals surface area contributed by atoms with Crippen molar-refractivity contribution < 1.29 is 14.3 Å². The molecule has 0 aliphatic rings. The molecule has 1 aromatic carbocycles. The van der Waals surface area contributed by atoms with E-state index in [1.54, 1.807) is 45.0 Å². The van der Waals surface area contributed by atoms with E-state index in [1.165, 1.54) is 6.07 Å². The number of rotatable bonds is 4. The lowest BCUT2D eigenvalue weighted by molar-refractivity contribution is -0.140. The predicted octanol–water partition coefficient (Wildman–Crippen LogP) is 2.39. The summed E-state index contributed by atoms with van der Waals surface area (Å²) < 4.78 is 13.5. The molecule has 17 heavy (non-hydrogen) atoms. The van der Waals surface area contributed by atoms with Crippen molar-refractivity contribution in [2.75, 3.05) is 14.1 Å². The van der Waals surface area contributed by atoms with Crippen molar-refractivity contribution >= 4 is 5.97 Å². The van der Waals surface area contributed by atoms with Gasteiger partial charge in [-0.3, -0.25) is 9.69 Å². The molecule has 0 aliphatic heterocycles. The smallest absolute Gasteiger partial charge is 0.305 e. The van der Waals surface area contributed by atoms with E-state index < -0.39 is 11.5 Å². The quantitative estimate of drug-likeness (QED) is 0.877. The van der Waals surface area contributed by atoms with E-state index in [0.717, 1.165) is 0 Å². The molecule has 0 spiro atoms. The van der Waals surface area contributed by atoms with Gasteiger partial charge in [-0.05, 0) is 45.1 Å². The summed E-state index contributed by atoms with van der Waals surface area (Å²) in [4.78, 5) is 12.7. The van der Waals surface area contributed by atoms with E-state index in [9.17, 15) is 9.18 Å². The van der Waals surface area contributed by atoms with Gasteiger partial charge >= 0.3 is 5.97 Å². The molecule has 4 heteroatoms. The first kappa shape index (κ1) is 13.6. The summed E-state index contributed by atoms with van der Waals surface area (Å²) in [5.41, 5.74) is 0.526. The maximum Gasteiger partial charge on any atom is 0.305 e. The number of benzene rings is 1. The number of halogens is 1. The van der Waals surface area contributed by atoms with Gasteiger partial charge in [0.1, 0.15) is 5.82 Å². The van der Waals surface area contributed by atoms with Gasteiger partial charge < -0.3 is 5.11 Å². The Morgan fingerprint density at radius 1 is 1.47 bits per heavy atom. The number of hydrogen-bond donors (Lipinski definition) is 1. The van der Waals surface area contributed by atoms with Crippen molar-refractivity contribution in [3.63, 3.8) is 0 Å². The van der Waals surface area contributed by atoms with Crippen molar-refractivity contribution in [3.05, 3.63) is 35.1 Å². The van der Waals surface area contributed by atoms with E-state index in [4.69, 9.17) is 5.11 Å². The molecule has 0 radical (unpaired) electrons. The SMILES string of the molecule is Cc1ccc(C(C)(CC(=O)O)N(C)C)cc1F. The van der Waals surface area contributed by atoms with Gasteiger partial charge in [-0.1, -0.05) is 12.1 Å². The molecule has 1 rings (SSSR count). The second kappa shape index (κ2) is 4.84. The van der Waals surface area contributed by atoms with Crippen molar-refractivity contribution in [1.82, 2.24) is 4.90 Å². The number of aliphatic carboxylic acids is 1. The summed E-state index contributed by atoms with van der Waals surface area (Å²) in [5.74, 6) is -1.21. The number of aryl methyl sites for hydroxylation is 1. The minimum atomic E-state index is -0.901. The molecule has 0 aliphatic carbocycles. The van der Waals surface area contributed by atoms with E-state index in [2.05, 4.69) is 0 Å². The van der Waals surface area contributed by atoms with Gasteiger partial charge in [0.25, 0.3) is 0 Å². The van der Waals surface area contributed by atoms with Crippen LogP contribution in [-0.2, 0) is 10.3 Å². The molecule has 1 atom stereocenters. The van der Waals surface area contributed by atoms with Gasteiger partial charge in [0, 0.05) is 0 Å². The monoisotopic (exact) mass is 239 g/mol. The first-order valence-electron chi connectivity index (χ1n) is 5.43. The molecule has 1 N–H and O–H groups in total. The second-order valence-corrected chi connectivity index (χ2v) is 4.70. The lowest BCUT2D eigenvalue weighted by Crippen LogP contribution is -2.40. The molecule has 0 bridgehead atoms. The number of carboxylic acids is 1. The average molecular weight is 239 g/mol. The molecule has 1 unspecified atom stereocenters. The van der Waals surface area contributed by atoms with E-state index >= 15 is 0 Å². The van der Waals surface area contributed by atoms with Crippen LogP contribution in [0.25, 0.3) is 0 Å². The van der Waals surface area contributed by atoms with Crippen LogP contribution in [0.1, 0.15) is 24.5 Å². The highest BCUT2D eigenvalue weighted by Gasteiger charge is 2.32. The summed E-state index contributed by atoms with van der Waals surface area (Å²) in [6.45, 7) is 3.48. The van der Waals surface area contributed by atoms with Crippen LogP contribution in [0.15, 0.2) is 18.2 Å². The summed E-state index contributed by atoms with van der Waals surface area (Å²) in [6, 6.07) is 4.87. The van der Waals surface area contributed by atoms with E-state index in [0.29, 0.717) is 11.1 Å². The fourth-order valence-corrected chi connectivity index (χ4v) is 1.74. The van der Waals surface area contributed by atoms with E-state index in [1.807, 2.05) is 0 Å². The van der Waals surface area contributed by atoms with Crippen molar-refractivity contribution in [2.45, 2.75) is 25.8 Å². The van der Waals surface area contributed by atoms with Crippen LogP contribution in [0.2, 0.25) is 0 Å². The van der Waals surface area contributed by atoms with Crippen LogP contribution in [0, 0.1) is 12.7 Å². The molecule has 0 saturated heterocycles. The number of carboxylic acid groups (broad SMARTS) is 1. The number of carbonyl (C=O) groups is 1. The normalized spacial score (nSPS) is 14.7. The Morgan fingerprint density at radius 2 is 2.06 bits per heavy atom. The van der Waals surface area contributed by atoms with E-state index in [-0.39, 0.29) is 12.2 Å². The van der Waals surface area contributed by atoms with Crippen LogP contribution in [0.5, 0.6) is 0 Å². The van der Waals surface area contributed by atoms with Crippen molar-refractivity contribution in [2.24, 2.45) is 0 Å². The van der Waals surface area contributed by atoms with Gasteiger partial charge in [0.05, 0.1) is 12.0 Å². The third-order valence-electron chi connectivity index (χ3n) is 3.28. The van der Waals surface area contributed by atoms with Crippen LogP contribution >= 0.6 is 0 Å². The molecule has 1 aromatic rings. The molecule has 0 amide bonds. The third-order valence-corrected chi connectivity index (χ3v) is 3.28. The summed E-state index contributed by atoms with van der Waals surface area (Å²) in [6.07, 6.45) is -0.0670. The minimum Gasteiger partial charge on any atom is -0.481 e. The first-order chi connectivity index (χ1) is 7.77. The molecule has 0 fully saturated rings. The summed E-state index contributed by atoms with van der Waals surface area (Å²) in [7, 11) is 3.58. The molecule has 0 aromatic heterocycles. The molecule has 0 heterocycles. The zero-order valence-corrected chi connectivity index (χ0v) is 10.6. The maximum absolute atomic E-state index is 13.5. The molecule has 0 saturated carbocycles. The highest BCUT2D eigenvalue weighted by Crippen LogP contribution is 2.30. The molecular weight excluding hydrogens is 221 g/mol. The average Bonchev–Trinajstić information content (AvgIpc) is 2.20. The van der Waals surface area contributed by atoms with Crippen LogP contribution < -0.4 is 0 Å². The highest BCUT2D eigenvalue weighted by atomic mass is 19.1. The zero-order chi connectivity index (χ0) is 13.2. The lowest BCUT2D eigenvalue weighted by atomic mass is 9.87. The predicted molar refractivity (Wildman–Crippen MR) is 64.4 cm³/mol. The van der Waals surface area contributed by atoms with Crippen LogP contribution in [0.3, 0.4) is 0 Å². The van der Waals surface area contributed by atoms with Crippen LogP contribution in [0.4, 0.5) is 4.39 Å². The zero-order valence-electron chi connectivity index (χ0n) is 10.6. The van der Waals surface area contributed by atoms with Crippen molar-refractivity contribution in [1.29, 1.82) is 0 Å². The topological polar surface area (TPSA) is 40.5 Å². The number of hydrogen-bond acceptors (Lipinski definition) is 2. The highest BCUT2D eigenvalue weighted by molar-refractivity contribution is 5.68. The van der Waals surface area contributed by atoms with Gasteiger partial charge in [-0.2, -0.15) is 0 Å². The largest absolute Gasteiger partial charge is 0.481 e. The summed E-state index contributed by atoms with van der Waals surface area (Å²) in [5, 5.41) is 8.96. The van der Waals surface area contributed by atoms with Gasteiger partial charge in [0.2, 0.25) is 0 Å². The lowest BCUT2D eigenvalue weighted by Gasteiger charge is -2.36. The molecule has 94 valence electrons. The molecule has 3 nitrogen and oxygen atoms in total. The van der Waals surface area contributed by atoms with Gasteiger partial charge in [-0.25, -0.2) is 4.39 Å². The molecular formula is C13H18FNO2. The van der Waals surface area contributed by atoms with Gasteiger partial charge in [-0.15, -0.1) is 0 Å². The van der Waals surface area contributed by atoms with Crippen LogP contribution in [-0.4, -0.2) is 30.1 Å². The van der Waals surface area contributed by atoms with Gasteiger partial charge in [0.15, 0.2) is 0 Å². The first-order valence-corrected chi connectivity index (χ1v) is 5.43. The third kappa shape index (κ3) is 2.82. The minimum absolute atomic E-state index is 0.0670. The Kier molecular flexibility index (Phi) is 3.88. The Bertz CT molecular complexity index is 431.